The zero-order valence-electron chi connectivity index (χ0n) is 10.8. The summed E-state index contributed by atoms with van der Waals surface area (Å²) >= 11 is 6.03. The van der Waals surface area contributed by atoms with Gasteiger partial charge in [0.1, 0.15) is 11.6 Å². The molecule has 4 nitrogen and oxygen atoms in total. The number of aromatic hydroxyl groups is 1. The summed E-state index contributed by atoms with van der Waals surface area (Å²) in [5.41, 5.74) is 1.19. The minimum Gasteiger partial charge on any atom is -0.508 e. The van der Waals surface area contributed by atoms with E-state index in [-0.39, 0.29) is 17.5 Å². The van der Waals surface area contributed by atoms with Crippen molar-refractivity contribution in [3.8, 4) is 17.2 Å². The van der Waals surface area contributed by atoms with E-state index in [0.29, 0.717) is 22.8 Å². The molecule has 0 saturated carbocycles. The summed E-state index contributed by atoms with van der Waals surface area (Å²) in [7, 11) is 0. The molecule has 0 radical (unpaired) electrons. The van der Waals surface area contributed by atoms with Crippen molar-refractivity contribution in [3.63, 3.8) is 0 Å². The van der Waals surface area contributed by atoms with Gasteiger partial charge < -0.3 is 9.63 Å². The minimum atomic E-state index is -0.313. The number of nitrogens with zero attached hydrogens (tertiary/aromatic N) is 2. The van der Waals surface area contributed by atoms with E-state index in [0.717, 1.165) is 5.56 Å². The van der Waals surface area contributed by atoms with Crippen LogP contribution in [0.1, 0.15) is 11.4 Å². The quantitative estimate of drug-likeness (QED) is 0.799. The Balaban J connectivity index is 1.88. The number of benzene rings is 2. The maximum Gasteiger partial charge on any atom is 0.259 e. The second-order valence-electron chi connectivity index (χ2n) is 4.49. The van der Waals surface area contributed by atoms with Gasteiger partial charge in [0, 0.05) is 6.42 Å². The number of hydrogen-bond donors (Lipinski definition) is 1. The maximum atomic E-state index is 13.1. The van der Waals surface area contributed by atoms with Crippen LogP contribution in [0.15, 0.2) is 47.0 Å². The van der Waals surface area contributed by atoms with Gasteiger partial charge in [0.2, 0.25) is 0 Å². The van der Waals surface area contributed by atoms with Crippen molar-refractivity contribution >= 4 is 11.6 Å². The van der Waals surface area contributed by atoms with E-state index in [1.807, 2.05) is 0 Å². The lowest BCUT2D eigenvalue weighted by Gasteiger charge is -1.99. The van der Waals surface area contributed by atoms with Gasteiger partial charge in [-0.05, 0) is 35.9 Å². The Labute approximate surface area is 124 Å². The van der Waals surface area contributed by atoms with Crippen LogP contribution in [0.5, 0.6) is 5.75 Å². The molecule has 1 N–H and O–H groups in total. The average Bonchev–Trinajstić information content (AvgIpc) is 2.90. The molecule has 21 heavy (non-hydrogen) atoms. The molecule has 0 amide bonds. The Bertz CT molecular complexity index is 789. The monoisotopic (exact) mass is 304 g/mol. The third-order valence-electron chi connectivity index (χ3n) is 2.90. The van der Waals surface area contributed by atoms with Crippen LogP contribution >= 0.6 is 11.6 Å². The Hall–Kier alpha value is -2.40. The number of rotatable bonds is 3. The van der Waals surface area contributed by atoms with Gasteiger partial charge in [-0.15, -0.1) is 0 Å². The van der Waals surface area contributed by atoms with Crippen molar-refractivity contribution in [2.24, 2.45) is 0 Å². The van der Waals surface area contributed by atoms with Gasteiger partial charge in [-0.1, -0.05) is 28.9 Å². The highest BCUT2D eigenvalue weighted by atomic mass is 35.5. The van der Waals surface area contributed by atoms with Crippen LogP contribution < -0.4 is 0 Å². The van der Waals surface area contributed by atoms with Crippen LogP contribution in [-0.2, 0) is 6.42 Å². The van der Waals surface area contributed by atoms with E-state index >= 15 is 0 Å². The molecule has 0 spiro atoms. The first-order valence-electron chi connectivity index (χ1n) is 6.18. The van der Waals surface area contributed by atoms with Crippen molar-refractivity contribution in [2.75, 3.05) is 0 Å². The lowest BCUT2D eigenvalue weighted by molar-refractivity contribution is 0.423. The molecule has 1 heterocycles. The van der Waals surface area contributed by atoms with Crippen molar-refractivity contribution in [3.05, 3.63) is 64.7 Å². The Morgan fingerprint density at radius 2 is 2.05 bits per heavy atom. The van der Waals surface area contributed by atoms with Gasteiger partial charge >= 0.3 is 0 Å². The van der Waals surface area contributed by atoms with Crippen LogP contribution in [-0.4, -0.2) is 15.2 Å². The molecule has 0 saturated heterocycles. The van der Waals surface area contributed by atoms with Gasteiger partial charge in [-0.25, -0.2) is 4.39 Å². The normalized spacial score (nSPS) is 10.8. The van der Waals surface area contributed by atoms with Gasteiger partial charge in [0.25, 0.3) is 5.89 Å². The minimum absolute atomic E-state index is 0.0549. The summed E-state index contributed by atoms with van der Waals surface area (Å²) in [6.45, 7) is 0. The second kappa shape index (κ2) is 5.54. The predicted octanol–water partition coefficient (Wildman–Crippen LogP) is 3.83. The van der Waals surface area contributed by atoms with E-state index < -0.39 is 0 Å². The second-order valence-corrected chi connectivity index (χ2v) is 4.89. The third kappa shape index (κ3) is 3.03. The standard InChI is InChI=1S/C15H10ClFN2O2/c16-13-5-4-11(20)8-12(13)15-18-14(19-21-15)7-9-2-1-3-10(17)6-9/h1-6,8,20H,7H2. The Morgan fingerprint density at radius 1 is 1.19 bits per heavy atom. The zero-order valence-corrected chi connectivity index (χ0v) is 11.5. The smallest absolute Gasteiger partial charge is 0.259 e. The topological polar surface area (TPSA) is 59.2 Å². The molecule has 3 rings (SSSR count). The van der Waals surface area contributed by atoms with E-state index in [9.17, 15) is 9.50 Å². The highest BCUT2D eigenvalue weighted by Gasteiger charge is 2.13. The van der Waals surface area contributed by atoms with Crippen molar-refractivity contribution in [2.45, 2.75) is 6.42 Å². The van der Waals surface area contributed by atoms with Gasteiger partial charge in [0.05, 0.1) is 10.6 Å². The first-order chi connectivity index (χ1) is 10.1. The maximum absolute atomic E-state index is 13.1. The Kier molecular flexibility index (Phi) is 3.58. The zero-order chi connectivity index (χ0) is 14.8. The first-order valence-corrected chi connectivity index (χ1v) is 6.55. The summed E-state index contributed by atoms with van der Waals surface area (Å²) in [6, 6.07) is 10.6. The highest BCUT2D eigenvalue weighted by Crippen LogP contribution is 2.30. The third-order valence-corrected chi connectivity index (χ3v) is 3.23. The lowest BCUT2D eigenvalue weighted by atomic mass is 10.1. The summed E-state index contributed by atoms with van der Waals surface area (Å²) < 4.78 is 18.3. The molecule has 0 aliphatic heterocycles. The van der Waals surface area contributed by atoms with Crippen LogP contribution in [0, 0.1) is 5.82 Å². The summed E-state index contributed by atoms with van der Waals surface area (Å²) in [5.74, 6) is 0.365. The fraction of sp³-hybridized carbons (Fsp3) is 0.0667. The van der Waals surface area contributed by atoms with Crippen molar-refractivity contribution in [1.29, 1.82) is 0 Å². The molecule has 0 unspecified atom stereocenters. The predicted molar refractivity (Wildman–Crippen MR) is 75.6 cm³/mol. The van der Waals surface area contributed by atoms with E-state index in [1.54, 1.807) is 18.2 Å². The molecule has 0 bridgehead atoms. The van der Waals surface area contributed by atoms with Crippen molar-refractivity contribution in [1.82, 2.24) is 10.1 Å². The van der Waals surface area contributed by atoms with Crippen molar-refractivity contribution < 1.29 is 14.0 Å². The number of halogens is 2. The molecule has 0 fully saturated rings. The first kappa shape index (κ1) is 13.6. The SMILES string of the molecule is Oc1ccc(Cl)c(-c2nc(Cc3cccc(F)c3)no2)c1. The molecule has 2 aromatic carbocycles. The van der Waals surface area contributed by atoms with Gasteiger partial charge in [-0.3, -0.25) is 0 Å². The summed E-state index contributed by atoms with van der Waals surface area (Å²) in [4.78, 5) is 4.21. The molecule has 3 aromatic rings. The van der Waals surface area contributed by atoms with Crippen LogP contribution in [0.3, 0.4) is 0 Å². The van der Waals surface area contributed by atoms with E-state index in [2.05, 4.69) is 10.1 Å². The largest absolute Gasteiger partial charge is 0.508 e. The highest BCUT2D eigenvalue weighted by molar-refractivity contribution is 6.33. The molecule has 0 atom stereocenters. The van der Waals surface area contributed by atoms with Gasteiger partial charge in [-0.2, -0.15) is 4.98 Å². The molecule has 0 aliphatic rings. The number of hydrogen-bond acceptors (Lipinski definition) is 4. The molecule has 106 valence electrons. The van der Waals surface area contributed by atoms with Crippen LogP contribution in [0.2, 0.25) is 5.02 Å². The van der Waals surface area contributed by atoms with Gasteiger partial charge in [0.15, 0.2) is 5.82 Å². The number of phenolic OH excluding ortho intramolecular Hbond substituents is 1. The molecular formula is C15H10ClFN2O2. The average molecular weight is 305 g/mol. The Morgan fingerprint density at radius 3 is 2.86 bits per heavy atom. The molecule has 0 aliphatic carbocycles. The van der Waals surface area contributed by atoms with E-state index in [4.69, 9.17) is 16.1 Å². The fourth-order valence-electron chi connectivity index (χ4n) is 1.94. The molecule has 1 aromatic heterocycles. The van der Waals surface area contributed by atoms with Crippen LogP contribution in [0.4, 0.5) is 4.39 Å². The number of aromatic nitrogens is 2. The summed E-state index contributed by atoms with van der Waals surface area (Å²) in [5, 5.41) is 13.7. The van der Waals surface area contributed by atoms with E-state index in [1.165, 1.54) is 24.3 Å². The summed E-state index contributed by atoms with van der Waals surface area (Å²) in [6.07, 6.45) is 0.345. The number of phenols is 1. The molecule has 6 heteroatoms. The lowest BCUT2D eigenvalue weighted by Crippen LogP contribution is -1.91. The van der Waals surface area contributed by atoms with Crippen LogP contribution in [0.25, 0.3) is 11.5 Å². The fourth-order valence-corrected chi connectivity index (χ4v) is 2.14. The molecular weight excluding hydrogens is 295 g/mol.